The number of rotatable bonds is 29. The van der Waals surface area contributed by atoms with Gasteiger partial charge in [-0.3, -0.25) is 72.4 Å². The van der Waals surface area contributed by atoms with Gasteiger partial charge in [-0.1, -0.05) is 61.1 Å². The number of nitrogens with one attached hydrogen (secondary N) is 1. The summed E-state index contributed by atoms with van der Waals surface area (Å²) < 4.78 is 0. The first kappa shape index (κ1) is 62.4. The second-order valence-electron chi connectivity index (χ2n) is 20.0. The van der Waals surface area contributed by atoms with E-state index in [-0.39, 0.29) is 104 Å². The van der Waals surface area contributed by atoms with Crippen LogP contribution in [0.4, 0.5) is 0 Å². The Kier molecular flexibility index (Phi) is 25.0. The van der Waals surface area contributed by atoms with Crippen molar-refractivity contribution in [3.8, 4) is 0 Å². The molecule has 1 unspecified atom stereocenters. The van der Waals surface area contributed by atoms with E-state index in [2.05, 4.69) is 10.2 Å². The van der Waals surface area contributed by atoms with Gasteiger partial charge in [0.25, 0.3) is 11.8 Å². The molecule has 3 aliphatic rings. The Labute approximate surface area is 462 Å². The summed E-state index contributed by atoms with van der Waals surface area (Å²) >= 11 is 7.49. The topological polar surface area (TPSA) is 303 Å². The molecule has 1 saturated heterocycles. The van der Waals surface area contributed by atoms with E-state index in [0.29, 0.717) is 67.9 Å². The molecule has 0 spiro atoms. The maximum Gasteiger partial charge on any atom is 0.317 e. The predicted octanol–water partition coefficient (Wildman–Crippen LogP) is 1.90. The molecule has 78 heavy (non-hydrogen) atoms. The van der Waals surface area contributed by atoms with Gasteiger partial charge in [0.1, 0.15) is 0 Å². The summed E-state index contributed by atoms with van der Waals surface area (Å²) in [5.41, 5.74) is 4.06. The van der Waals surface area contributed by atoms with Crippen molar-refractivity contribution in [1.29, 1.82) is 0 Å². The molecule has 24 heteroatoms. The lowest BCUT2D eigenvalue weighted by atomic mass is 9.88. The first-order chi connectivity index (χ1) is 37.2. The number of carbonyl (C=O) groups is 10. The van der Waals surface area contributed by atoms with Gasteiger partial charge in [-0.15, -0.1) is 0 Å². The van der Waals surface area contributed by atoms with Gasteiger partial charge in [0.05, 0.1) is 43.6 Å². The van der Waals surface area contributed by atoms with Crippen LogP contribution in [0.2, 0.25) is 0 Å². The minimum Gasteiger partial charge on any atom is -0.481 e. The van der Waals surface area contributed by atoms with Crippen molar-refractivity contribution in [2.75, 3.05) is 104 Å². The van der Waals surface area contributed by atoms with Gasteiger partial charge in [-0.25, -0.2) is 0 Å². The average molecular weight is 1120 g/mol. The molecule has 3 amide bonds. The van der Waals surface area contributed by atoms with Crippen LogP contribution >= 0.6 is 24.0 Å². The monoisotopic (exact) mass is 1120 g/mol. The number of hydrogen-bond acceptors (Lipinski definition) is 16. The lowest BCUT2D eigenvalue weighted by Crippen LogP contribution is -2.53. The van der Waals surface area contributed by atoms with E-state index in [1.54, 1.807) is 31.7 Å². The van der Waals surface area contributed by atoms with Crippen molar-refractivity contribution in [2.24, 2.45) is 11.8 Å². The molecule has 0 saturated carbocycles. The Morgan fingerprint density at radius 1 is 0.692 bits per heavy atom. The van der Waals surface area contributed by atoms with E-state index < -0.39 is 77.8 Å². The molecule has 1 fully saturated rings. The Hall–Kier alpha value is -6.44. The number of carboxylic acid groups (broad SMARTS) is 5. The highest BCUT2D eigenvalue weighted by molar-refractivity contribution is 7.98. The zero-order chi connectivity index (χ0) is 56.9. The molecule has 2 aromatic carbocycles. The second-order valence-corrected chi connectivity index (χ2v) is 21.4. The molecule has 0 bridgehead atoms. The Morgan fingerprint density at radius 2 is 1.28 bits per heavy atom. The Balaban J connectivity index is 1.19. The van der Waals surface area contributed by atoms with Gasteiger partial charge in [0.2, 0.25) is 5.91 Å². The normalized spacial score (nSPS) is 17.8. The van der Waals surface area contributed by atoms with Gasteiger partial charge < -0.3 is 35.7 Å². The number of ketones is 2. The Bertz CT molecular complexity index is 2530. The fourth-order valence-electron chi connectivity index (χ4n) is 10.0. The first-order valence-corrected chi connectivity index (χ1v) is 27.8. The van der Waals surface area contributed by atoms with E-state index in [0.717, 1.165) is 27.2 Å². The number of nitrogens with zero attached hydrogens (tertiary/aromatic N) is 6. The highest BCUT2D eigenvalue weighted by Gasteiger charge is 2.31. The zero-order valence-electron chi connectivity index (χ0n) is 43.9. The predicted molar refractivity (Wildman–Crippen MR) is 291 cm³/mol. The van der Waals surface area contributed by atoms with Crippen molar-refractivity contribution < 1.29 is 73.5 Å². The molecule has 3 aliphatic heterocycles. The average Bonchev–Trinajstić information content (AvgIpc) is 3.71. The number of thioether (sulfide) groups is 1. The van der Waals surface area contributed by atoms with Crippen LogP contribution < -0.4 is 5.32 Å². The third-order valence-corrected chi connectivity index (χ3v) is 15.2. The van der Waals surface area contributed by atoms with E-state index in [1.165, 1.54) is 23.9 Å². The van der Waals surface area contributed by atoms with Gasteiger partial charge in [-0.2, -0.15) is 11.8 Å². The van der Waals surface area contributed by atoms with E-state index >= 15 is 0 Å². The number of amides is 3. The van der Waals surface area contributed by atoms with Gasteiger partial charge in [-0.05, 0) is 66.4 Å². The molecule has 5 rings (SSSR count). The largest absolute Gasteiger partial charge is 0.481 e. The third kappa shape index (κ3) is 20.4. The van der Waals surface area contributed by atoms with Crippen LogP contribution in [0.5, 0.6) is 0 Å². The summed E-state index contributed by atoms with van der Waals surface area (Å²) in [6.45, 7) is 0.596. The summed E-state index contributed by atoms with van der Waals surface area (Å²) in [6.07, 6.45) is 6.35. The summed E-state index contributed by atoms with van der Waals surface area (Å²) in [4.78, 5) is 134. The van der Waals surface area contributed by atoms with Crippen molar-refractivity contribution in [3.63, 3.8) is 0 Å². The lowest BCUT2D eigenvalue weighted by molar-refractivity contribution is -0.144. The fraction of sp³-hybridized carbons (Fsp3) is 0.537. The third-order valence-electron chi connectivity index (χ3n) is 14.2. The number of carboxylic acids is 5. The van der Waals surface area contributed by atoms with Crippen LogP contribution in [-0.2, 0) is 69.0 Å². The standard InChI is InChI=1S/C54H71N7O15S2/c1-78-24-15-38(53(74)55-29-42(62)27-39(54(75)76)5-2-3-16-61-46(64)12-13-47(61)65)28-45(63)44-7-4-6-40-30-60(17-14-43(40)44)48(77)26-37-10-8-36(9-11-37)25-41-31-58(34-51(70)71)21-20-56(32-49(66)67)18-19-57(33-50(68)69)22-23-59(41)35-52(72)73/h4,6-13,38-39,41H,2-3,5,14-35H2,1H3,(H,55,74)(H,66,67)(H,68,69)(H,70,71)(H,72,73)(H,75,76)/t38-,39-,41?/m1/s1. The van der Waals surface area contributed by atoms with Crippen molar-refractivity contribution in [3.05, 3.63) is 82.4 Å². The maximum atomic E-state index is 14.0. The minimum absolute atomic E-state index is 0.0951. The summed E-state index contributed by atoms with van der Waals surface area (Å²) in [5.74, 6) is -8.70. The molecule has 3 heterocycles. The number of hydrogen-bond donors (Lipinski definition) is 6. The molecule has 6 N–H and O–H groups in total. The first-order valence-electron chi connectivity index (χ1n) is 26.0. The number of Topliss-reactive ketones (excluding diaryl/α,β-unsaturated/α-hetero) is 2. The molecule has 0 aliphatic carbocycles. The van der Waals surface area contributed by atoms with Crippen LogP contribution in [0.25, 0.3) is 0 Å². The molecule has 3 atom stereocenters. The maximum absolute atomic E-state index is 14.0. The van der Waals surface area contributed by atoms with Crippen LogP contribution in [0.3, 0.4) is 0 Å². The number of carbonyl (C=O) groups excluding carboxylic acids is 5. The van der Waals surface area contributed by atoms with E-state index in [1.807, 2.05) is 36.6 Å². The number of unbranched alkanes of at least 4 members (excludes halogenated alkanes) is 1. The van der Waals surface area contributed by atoms with Crippen molar-refractivity contribution >= 4 is 88.1 Å². The van der Waals surface area contributed by atoms with Crippen LogP contribution in [0, 0.1) is 11.8 Å². The van der Waals surface area contributed by atoms with Gasteiger partial charge in [0.15, 0.2) is 11.6 Å². The Morgan fingerprint density at radius 3 is 1.88 bits per heavy atom. The van der Waals surface area contributed by atoms with Crippen molar-refractivity contribution in [2.45, 2.75) is 70.4 Å². The van der Waals surface area contributed by atoms with E-state index in [4.69, 9.17) is 12.2 Å². The van der Waals surface area contributed by atoms with Crippen LogP contribution in [0.1, 0.15) is 71.1 Å². The number of aliphatic carboxylic acids is 5. The van der Waals surface area contributed by atoms with E-state index in [9.17, 15) is 73.5 Å². The second kappa shape index (κ2) is 31.2. The summed E-state index contributed by atoms with van der Waals surface area (Å²) in [7, 11) is 0. The smallest absolute Gasteiger partial charge is 0.317 e. The van der Waals surface area contributed by atoms with Crippen molar-refractivity contribution in [1.82, 2.24) is 34.7 Å². The summed E-state index contributed by atoms with van der Waals surface area (Å²) in [5, 5.41) is 51.4. The van der Waals surface area contributed by atoms with Gasteiger partial charge >= 0.3 is 29.8 Å². The number of benzene rings is 2. The highest BCUT2D eigenvalue weighted by Crippen LogP contribution is 2.27. The van der Waals surface area contributed by atoms with Crippen LogP contribution in [-0.4, -0.2) is 229 Å². The molecule has 0 radical (unpaired) electrons. The fourth-order valence-corrected chi connectivity index (χ4v) is 10.9. The number of fused-ring (bicyclic) bond motifs is 1. The molecule has 2 aromatic rings. The molecular weight excluding hydrogens is 1050 g/mol. The van der Waals surface area contributed by atoms with Gasteiger partial charge in [0, 0.05) is 114 Å². The van der Waals surface area contributed by atoms with Crippen LogP contribution in [0.15, 0.2) is 54.6 Å². The molecule has 22 nitrogen and oxygen atoms in total. The zero-order valence-corrected chi connectivity index (χ0v) is 45.6. The number of imide groups is 1. The molecule has 0 aromatic heterocycles. The minimum atomic E-state index is -1.16. The molecule has 424 valence electrons. The summed E-state index contributed by atoms with van der Waals surface area (Å²) in [6, 6.07) is 12.7. The lowest BCUT2D eigenvalue weighted by Gasteiger charge is -2.37. The molecular formula is C54H71N7O15S2. The quantitative estimate of drug-likeness (QED) is 0.0293. The highest BCUT2D eigenvalue weighted by atomic mass is 32.2. The SMILES string of the molecule is CSCC[C@H](CC(=O)c1cccc2c1CCN(C(=S)Cc1ccc(CC3CN(CC(=O)O)CCN(CC(=O)O)CCN(CC(=O)O)CCN3CC(=O)O)cc1)C2)C(=O)NCC(=O)C[C@@H](CCCCN1C(=O)C=CC1=O)C(=O)O. The number of thiocarbonyl (C=S) groups is 1.